The number of hydrogen-bond donors (Lipinski definition) is 2. The quantitative estimate of drug-likeness (QED) is 0.752. The van der Waals surface area contributed by atoms with Crippen LogP contribution in [0.4, 0.5) is 0 Å². The van der Waals surface area contributed by atoms with Crippen LogP contribution < -0.4 is 0 Å². The summed E-state index contributed by atoms with van der Waals surface area (Å²) in [5.41, 5.74) is 1.45. The Morgan fingerprint density at radius 2 is 1.89 bits per heavy atom. The van der Waals surface area contributed by atoms with Gasteiger partial charge in [-0.05, 0) is 18.6 Å². The molecule has 7 nitrogen and oxygen atoms in total. The minimum absolute atomic E-state index is 0.0297. The van der Waals surface area contributed by atoms with Crippen molar-refractivity contribution < 1.29 is 19.8 Å². The molecule has 0 aliphatic heterocycles. The molecule has 0 fully saturated rings. The molecule has 2 rings (SSSR count). The zero-order chi connectivity index (χ0) is 13.1. The maximum atomic E-state index is 10.7. The number of rotatable bonds is 5. The standard InChI is InChI=1S/C11H11N3O4/c15-10(16)7(11(17)18)5-6-14-9-4-2-1-3-8(9)12-13-14/h1-4,7H,5-6H2,(H,15,16)(H,17,18). The van der Waals surface area contributed by atoms with E-state index in [-0.39, 0.29) is 13.0 Å². The summed E-state index contributed by atoms with van der Waals surface area (Å²) in [4.78, 5) is 21.5. The maximum absolute atomic E-state index is 10.7. The van der Waals surface area contributed by atoms with Crippen molar-refractivity contribution in [3.05, 3.63) is 24.3 Å². The van der Waals surface area contributed by atoms with E-state index in [0.29, 0.717) is 5.52 Å². The fourth-order valence-corrected chi connectivity index (χ4v) is 1.69. The van der Waals surface area contributed by atoms with Crippen LogP contribution in [0.25, 0.3) is 11.0 Å². The van der Waals surface area contributed by atoms with Crippen LogP contribution in [0.5, 0.6) is 0 Å². The molecule has 0 atom stereocenters. The molecule has 0 aliphatic carbocycles. The van der Waals surface area contributed by atoms with Crippen LogP contribution in [-0.4, -0.2) is 37.1 Å². The lowest BCUT2D eigenvalue weighted by Gasteiger charge is -2.07. The van der Waals surface area contributed by atoms with E-state index in [1.54, 1.807) is 12.1 Å². The SMILES string of the molecule is O=C(O)C(CCn1nnc2ccccc21)C(=O)O. The lowest BCUT2D eigenvalue weighted by molar-refractivity contribution is -0.154. The average Bonchev–Trinajstić information content (AvgIpc) is 2.72. The number of nitrogens with zero attached hydrogens (tertiary/aromatic N) is 3. The van der Waals surface area contributed by atoms with Gasteiger partial charge < -0.3 is 10.2 Å². The predicted octanol–water partition coefficient (Wildman–Crippen LogP) is 0.607. The molecule has 0 saturated carbocycles. The van der Waals surface area contributed by atoms with Crippen molar-refractivity contribution in [2.75, 3.05) is 0 Å². The van der Waals surface area contributed by atoms with Gasteiger partial charge in [-0.25, -0.2) is 4.68 Å². The third-order valence-corrected chi connectivity index (χ3v) is 2.65. The van der Waals surface area contributed by atoms with Crippen LogP contribution in [0.15, 0.2) is 24.3 Å². The van der Waals surface area contributed by atoms with Crippen LogP contribution in [0, 0.1) is 5.92 Å². The number of aromatic nitrogens is 3. The van der Waals surface area contributed by atoms with Crippen molar-refractivity contribution in [1.29, 1.82) is 0 Å². The van der Waals surface area contributed by atoms with Gasteiger partial charge in [-0.2, -0.15) is 0 Å². The molecule has 1 aromatic carbocycles. The first-order valence-corrected chi connectivity index (χ1v) is 5.33. The van der Waals surface area contributed by atoms with Crippen molar-refractivity contribution in [3.63, 3.8) is 0 Å². The second-order valence-corrected chi connectivity index (χ2v) is 3.82. The molecule has 0 aliphatic rings. The van der Waals surface area contributed by atoms with E-state index < -0.39 is 17.9 Å². The molecule has 18 heavy (non-hydrogen) atoms. The molecule has 94 valence electrons. The Morgan fingerprint density at radius 1 is 1.22 bits per heavy atom. The number of benzene rings is 1. The smallest absolute Gasteiger partial charge is 0.317 e. The van der Waals surface area contributed by atoms with Gasteiger partial charge >= 0.3 is 11.9 Å². The van der Waals surface area contributed by atoms with Crippen LogP contribution in [-0.2, 0) is 16.1 Å². The first-order chi connectivity index (χ1) is 8.59. The molecule has 0 saturated heterocycles. The van der Waals surface area contributed by atoms with E-state index in [2.05, 4.69) is 10.3 Å². The summed E-state index contributed by atoms with van der Waals surface area (Å²) in [5, 5.41) is 25.3. The third-order valence-electron chi connectivity index (χ3n) is 2.65. The number of fused-ring (bicyclic) bond motifs is 1. The molecule has 0 spiro atoms. The maximum Gasteiger partial charge on any atom is 0.317 e. The molecule has 0 bridgehead atoms. The second kappa shape index (κ2) is 4.82. The predicted molar refractivity (Wildman–Crippen MR) is 60.9 cm³/mol. The number of carboxylic acid groups (broad SMARTS) is 2. The molecule has 7 heteroatoms. The molecule has 2 aromatic rings. The van der Waals surface area contributed by atoms with E-state index in [0.717, 1.165) is 5.52 Å². The van der Waals surface area contributed by atoms with E-state index in [1.807, 2.05) is 12.1 Å². The zero-order valence-corrected chi connectivity index (χ0v) is 9.35. The minimum atomic E-state index is -1.42. The number of carbonyl (C=O) groups is 2. The van der Waals surface area contributed by atoms with Gasteiger partial charge in [0.25, 0.3) is 0 Å². The summed E-state index contributed by atoms with van der Waals surface area (Å²) in [6, 6.07) is 7.21. The number of aryl methyl sites for hydroxylation is 1. The van der Waals surface area contributed by atoms with Crippen LogP contribution in [0.3, 0.4) is 0 Å². The number of para-hydroxylation sites is 1. The normalized spacial score (nSPS) is 10.9. The van der Waals surface area contributed by atoms with Gasteiger partial charge in [0.15, 0.2) is 5.92 Å². The summed E-state index contributed by atoms with van der Waals surface area (Å²) in [6.07, 6.45) is -0.0297. The lowest BCUT2D eigenvalue weighted by Crippen LogP contribution is -2.25. The van der Waals surface area contributed by atoms with E-state index in [4.69, 9.17) is 10.2 Å². The van der Waals surface area contributed by atoms with Crippen LogP contribution in [0.2, 0.25) is 0 Å². The monoisotopic (exact) mass is 249 g/mol. The minimum Gasteiger partial charge on any atom is -0.481 e. The highest BCUT2D eigenvalue weighted by Gasteiger charge is 2.25. The molecule has 0 radical (unpaired) electrons. The molecule has 2 N–H and O–H groups in total. The van der Waals surface area contributed by atoms with Crippen LogP contribution in [0.1, 0.15) is 6.42 Å². The Balaban J connectivity index is 2.15. The van der Waals surface area contributed by atoms with Crippen molar-refractivity contribution in [3.8, 4) is 0 Å². The van der Waals surface area contributed by atoms with Crippen LogP contribution >= 0.6 is 0 Å². The van der Waals surface area contributed by atoms with Crippen molar-refractivity contribution >= 4 is 23.0 Å². The highest BCUT2D eigenvalue weighted by molar-refractivity contribution is 5.92. The van der Waals surface area contributed by atoms with Gasteiger partial charge in [-0.15, -0.1) is 5.10 Å². The molecule has 0 amide bonds. The van der Waals surface area contributed by atoms with Gasteiger partial charge in [0.1, 0.15) is 5.52 Å². The van der Waals surface area contributed by atoms with Crippen molar-refractivity contribution in [2.24, 2.45) is 5.92 Å². The van der Waals surface area contributed by atoms with Gasteiger partial charge in [-0.3, -0.25) is 9.59 Å². The molecule has 0 unspecified atom stereocenters. The van der Waals surface area contributed by atoms with E-state index in [9.17, 15) is 9.59 Å². The summed E-state index contributed by atoms with van der Waals surface area (Å²) in [5.74, 6) is -4.10. The highest BCUT2D eigenvalue weighted by Crippen LogP contribution is 2.12. The van der Waals surface area contributed by atoms with Gasteiger partial charge in [0.05, 0.1) is 5.52 Å². The zero-order valence-electron chi connectivity index (χ0n) is 9.35. The topological polar surface area (TPSA) is 105 Å². The molecule has 1 aromatic heterocycles. The Labute approximate surface area is 102 Å². The molecular weight excluding hydrogens is 238 g/mol. The summed E-state index contributed by atoms with van der Waals surface area (Å²) >= 11 is 0. The Morgan fingerprint density at radius 3 is 2.56 bits per heavy atom. The van der Waals surface area contributed by atoms with E-state index >= 15 is 0 Å². The molecule has 1 heterocycles. The van der Waals surface area contributed by atoms with E-state index in [1.165, 1.54) is 4.68 Å². The fraction of sp³-hybridized carbons (Fsp3) is 0.273. The summed E-state index contributed by atoms with van der Waals surface area (Å²) in [7, 11) is 0. The largest absolute Gasteiger partial charge is 0.481 e. The van der Waals surface area contributed by atoms with Gasteiger partial charge in [0, 0.05) is 6.54 Å². The highest BCUT2D eigenvalue weighted by atomic mass is 16.4. The average molecular weight is 249 g/mol. The summed E-state index contributed by atoms with van der Waals surface area (Å²) in [6.45, 7) is 0.198. The first kappa shape index (κ1) is 12.0. The number of hydrogen-bond acceptors (Lipinski definition) is 4. The van der Waals surface area contributed by atoms with Gasteiger partial charge in [0.2, 0.25) is 0 Å². The number of aliphatic carboxylic acids is 2. The second-order valence-electron chi connectivity index (χ2n) is 3.82. The Hall–Kier alpha value is -2.44. The number of carboxylic acids is 2. The Kier molecular flexibility index (Phi) is 3.22. The molecular formula is C11H11N3O4. The van der Waals surface area contributed by atoms with Crippen molar-refractivity contribution in [2.45, 2.75) is 13.0 Å². The lowest BCUT2D eigenvalue weighted by atomic mass is 10.1. The van der Waals surface area contributed by atoms with Crippen molar-refractivity contribution in [1.82, 2.24) is 15.0 Å². The fourth-order valence-electron chi connectivity index (χ4n) is 1.69. The third kappa shape index (κ3) is 2.29. The Bertz CT molecular complexity index is 579. The summed E-state index contributed by atoms with van der Waals surface area (Å²) < 4.78 is 1.51. The first-order valence-electron chi connectivity index (χ1n) is 5.33. The van der Waals surface area contributed by atoms with Gasteiger partial charge in [-0.1, -0.05) is 17.3 Å².